The first-order chi connectivity index (χ1) is 5.65. The lowest BCUT2D eigenvalue weighted by atomic mass is 10.2. The third-order valence-corrected chi connectivity index (χ3v) is 3.03. The molecule has 1 rings (SSSR count). The third-order valence-electron chi connectivity index (χ3n) is 1.36. The first-order valence-electron chi connectivity index (χ1n) is 3.15. The smallest absolute Gasteiger partial charge is 0.125 e. The van der Waals surface area contributed by atoms with Crippen molar-refractivity contribution >= 4 is 38.5 Å². The molecule has 0 N–H and O–H groups in total. The first kappa shape index (κ1) is 9.93. The van der Waals surface area contributed by atoms with Gasteiger partial charge in [-0.25, -0.2) is 4.39 Å². The molecule has 1 nitrogen and oxygen atoms in total. The summed E-state index contributed by atoms with van der Waals surface area (Å²) in [6, 6.07) is 4.81. The summed E-state index contributed by atoms with van der Waals surface area (Å²) in [4.78, 5) is 0. The van der Waals surface area contributed by atoms with E-state index in [1.165, 1.54) is 12.1 Å². The molecule has 0 saturated heterocycles. The monoisotopic (exact) mass is 339 g/mol. The minimum atomic E-state index is -0.284. The van der Waals surface area contributed by atoms with Crippen LogP contribution in [0.15, 0.2) is 16.6 Å². The minimum Gasteiger partial charge on any atom is -0.207 e. The number of hydrogen-bond acceptors (Lipinski definition) is 1. The van der Waals surface area contributed by atoms with E-state index < -0.39 is 0 Å². The summed E-state index contributed by atoms with van der Waals surface area (Å²) in [5.74, 6) is -0.284. The number of benzene rings is 1. The van der Waals surface area contributed by atoms with Crippen LogP contribution in [-0.2, 0) is 6.42 Å². The maximum atomic E-state index is 12.7. The van der Waals surface area contributed by atoms with Crippen LogP contribution in [0.25, 0.3) is 0 Å². The number of nitriles is 1. The van der Waals surface area contributed by atoms with Gasteiger partial charge in [0.2, 0.25) is 0 Å². The third kappa shape index (κ3) is 2.17. The fraction of sp³-hybridized carbons (Fsp3) is 0.125. The van der Waals surface area contributed by atoms with E-state index in [1.807, 2.05) is 28.7 Å². The fourth-order valence-corrected chi connectivity index (χ4v) is 2.54. The van der Waals surface area contributed by atoms with Gasteiger partial charge in [-0.05, 0) is 40.3 Å². The van der Waals surface area contributed by atoms with Crippen LogP contribution >= 0.6 is 38.5 Å². The molecule has 0 aliphatic rings. The van der Waals surface area contributed by atoms with Crippen molar-refractivity contribution in [3.63, 3.8) is 0 Å². The minimum absolute atomic E-state index is 0.284. The Morgan fingerprint density at radius 3 is 2.75 bits per heavy atom. The second-order valence-electron chi connectivity index (χ2n) is 2.18. The van der Waals surface area contributed by atoms with Gasteiger partial charge in [0.25, 0.3) is 0 Å². The summed E-state index contributed by atoms with van der Waals surface area (Å²) in [6.45, 7) is 0. The Kier molecular flexibility index (Phi) is 3.47. The second-order valence-corrected chi connectivity index (χ2v) is 4.20. The van der Waals surface area contributed by atoms with Gasteiger partial charge in [-0.15, -0.1) is 0 Å². The highest BCUT2D eigenvalue weighted by atomic mass is 127. The molecule has 0 amide bonds. The molecule has 1 aromatic carbocycles. The van der Waals surface area contributed by atoms with Crippen LogP contribution in [0.5, 0.6) is 0 Å². The zero-order valence-corrected chi connectivity index (χ0v) is 9.69. The van der Waals surface area contributed by atoms with Crippen LogP contribution in [-0.4, -0.2) is 0 Å². The van der Waals surface area contributed by atoms with Crippen LogP contribution in [0.4, 0.5) is 4.39 Å². The van der Waals surface area contributed by atoms with Gasteiger partial charge in [0, 0.05) is 8.04 Å². The standard InChI is InChI=1S/C8H4BrFIN/c9-7-3-5(10)4-8(11)6(7)1-2-12/h3-4H,1H2. The van der Waals surface area contributed by atoms with E-state index in [0.717, 1.165) is 9.13 Å². The van der Waals surface area contributed by atoms with Gasteiger partial charge in [0.05, 0.1) is 12.5 Å². The summed E-state index contributed by atoms with van der Waals surface area (Å²) in [5.41, 5.74) is 0.847. The van der Waals surface area contributed by atoms with Crippen molar-refractivity contribution in [2.75, 3.05) is 0 Å². The molecule has 1 aromatic rings. The molecule has 0 radical (unpaired) electrons. The molecule has 0 atom stereocenters. The van der Waals surface area contributed by atoms with Crippen molar-refractivity contribution in [2.45, 2.75) is 6.42 Å². The van der Waals surface area contributed by atoms with Gasteiger partial charge < -0.3 is 0 Å². The van der Waals surface area contributed by atoms with Gasteiger partial charge in [0.1, 0.15) is 5.82 Å². The quantitative estimate of drug-likeness (QED) is 0.720. The Labute approximate surface area is 91.8 Å². The van der Waals surface area contributed by atoms with Crippen molar-refractivity contribution in [1.29, 1.82) is 5.26 Å². The van der Waals surface area contributed by atoms with Gasteiger partial charge >= 0.3 is 0 Å². The molecular formula is C8H4BrFIN. The molecule has 0 aromatic heterocycles. The second kappa shape index (κ2) is 4.19. The molecule has 4 heteroatoms. The van der Waals surface area contributed by atoms with Crippen molar-refractivity contribution < 1.29 is 4.39 Å². The van der Waals surface area contributed by atoms with E-state index in [2.05, 4.69) is 15.9 Å². The largest absolute Gasteiger partial charge is 0.207 e. The molecule has 0 heterocycles. The molecule has 0 spiro atoms. The van der Waals surface area contributed by atoms with E-state index in [-0.39, 0.29) is 5.82 Å². The molecular weight excluding hydrogens is 336 g/mol. The molecule has 0 aliphatic heterocycles. The van der Waals surface area contributed by atoms with Crippen molar-refractivity contribution in [3.05, 3.63) is 31.6 Å². The SMILES string of the molecule is N#CCc1c(Br)cc(F)cc1I. The Morgan fingerprint density at radius 2 is 2.25 bits per heavy atom. The Bertz CT molecular complexity index is 322. The summed E-state index contributed by atoms with van der Waals surface area (Å²) in [5, 5.41) is 8.47. The fourth-order valence-electron chi connectivity index (χ4n) is 0.820. The van der Waals surface area contributed by atoms with Crippen molar-refractivity contribution in [1.82, 2.24) is 0 Å². The number of hydrogen-bond donors (Lipinski definition) is 0. The van der Waals surface area contributed by atoms with E-state index >= 15 is 0 Å². The Morgan fingerprint density at radius 1 is 1.58 bits per heavy atom. The molecule has 12 heavy (non-hydrogen) atoms. The lowest BCUT2D eigenvalue weighted by Gasteiger charge is -2.02. The highest BCUT2D eigenvalue weighted by Crippen LogP contribution is 2.24. The topological polar surface area (TPSA) is 23.8 Å². The highest BCUT2D eigenvalue weighted by Gasteiger charge is 2.06. The predicted octanol–water partition coefficient (Wildman–Crippen LogP) is 3.26. The summed E-state index contributed by atoms with van der Waals surface area (Å²) < 4.78 is 14.2. The molecule has 0 bridgehead atoms. The molecule has 0 saturated carbocycles. The molecule has 0 fully saturated rings. The van der Waals surface area contributed by atoms with Crippen LogP contribution < -0.4 is 0 Å². The molecule has 62 valence electrons. The van der Waals surface area contributed by atoms with Gasteiger partial charge in [0.15, 0.2) is 0 Å². The predicted molar refractivity (Wildman–Crippen MR) is 56.1 cm³/mol. The summed E-state index contributed by atoms with van der Waals surface area (Å²) >= 11 is 5.22. The lowest BCUT2D eigenvalue weighted by molar-refractivity contribution is 0.625. The van der Waals surface area contributed by atoms with E-state index in [9.17, 15) is 4.39 Å². The van der Waals surface area contributed by atoms with Gasteiger partial charge in [-0.1, -0.05) is 15.9 Å². The Balaban J connectivity index is 3.21. The van der Waals surface area contributed by atoms with Crippen molar-refractivity contribution in [3.8, 4) is 6.07 Å². The van der Waals surface area contributed by atoms with Crippen molar-refractivity contribution in [2.24, 2.45) is 0 Å². The zero-order valence-electron chi connectivity index (χ0n) is 5.94. The van der Waals surface area contributed by atoms with Crippen LogP contribution in [0, 0.1) is 20.7 Å². The molecule has 0 unspecified atom stereocenters. The van der Waals surface area contributed by atoms with E-state index in [0.29, 0.717) is 10.9 Å². The summed E-state index contributed by atoms with van der Waals surface area (Å²) in [7, 11) is 0. The normalized spacial score (nSPS) is 9.50. The summed E-state index contributed by atoms with van der Waals surface area (Å²) in [6.07, 6.45) is 0.305. The number of rotatable bonds is 1. The number of halogens is 3. The number of nitrogens with zero attached hydrogens (tertiary/aromatic N) is 1. The Hall–Kier alpha value is -0.150. The van der Waals surface area contributed by atoms with Gasteiger partial charge in [-0.3, -0.25) is 0 Å². The maximum absolute atomic E-state index is 12.7. The lowest BCUT2D eigenvalue weighted by Crippen LogP contribution is -1.90. The average molecular weight is 340 g/mol. The first-order valence-corrected chi connectivity index (χ1v) is 5.02. The van der Waals surface area contributed by atoms with E-state index in [1.54, 1.807) is 0 Å². The highest BCUT2D eigenvalue weighted by molar-refractivity contribution is 14.1. The van der Waals surface area contributed by atoms with Gasteiger partial charge in [-0.2, -0.15) is 5.26 Å². The maximum Gasteiger partial charge on any atom is 0.125 e. The zero-order chi connectivity index (χ0) is 9.14. The van der Waals surface area contributed by atoms with E-state index in [4.69, 9.17) is 5.26 Å². The van der Waals surface area contributed by atoms with Crippen LogP contribution in [0.3, 0.4) is 0 Å². The average Bonchev–Trinajstić information content (AvgIpc) is 1.96. The van der Waals surface area contributed by atoms with Crippen LogP contribution in [0.2, 0.25) is 0 Å². The molecule has 0 aliphatic carbocycles. The van der Waals surface area contributed by atoms with Crippen LogP contribution in [0.1, 0.15) is 5.56 Å².